The molecule has 2 heteroatoms. The Balaban J connectivity index is 1.91. The Bertz CT molecular complexity index is 593. The Hall–Kier alpha value is -2.09. The van der Waals surface area contributed by atoms with E-state index >= 15 is 0 Å². The van der Waals surface area contributed by atoms with Crippen molar-refractivity contribution in [3.05, 3.63) is 71.8 Å². The van der Waals surface area contributed by atoms with Crippen LogP contribution in [0.15, 0.2) is 60.7 Å². The number of amides is 1. The van der Waals surface area contributed by atoms with Crippen molar-refractivity contribution in [2.75, 3.05) is 0 Å². The SMILES string of the molecule is CC1(c2ccccc2)CC(=O)NC1Cc1ccccc1. The van der Waals surface area contributed by atoms with Crippen LogP contribution in [-0.2, 0) is 16.6 Å². The molecule has 1 N–H and O–H groups in total. The summed E-state index contributed by atoms with van der Waals surface area (Å²) in [6, 6.07) is 20.9. The van der Waals surface area contributed by atoms with Gasteiger partial charge < -0.3 is 5.32 Å². The summed E-state index contributed by atoms with van der Waals surface area (Å²) >= 11 is 0. The van der Waals surface area contributed by atoms with Crippen molar-refractivity contribution in [1.29, 1.82) is 0 Å². The summed E-state index contributed by atoms with van der Waals surface area (Å²) in [5, 5.41) is 3.15. The minimum Gasteiger partial charge on any atom is -0.352 e. The van der Waals surface area contributed by atoms with Gasteiger partial charge in [0.25, 0.3) is 0 Å². The zero-order valence-electron chi connectivity index (χ0n) is 11.7. The third kappa shape index (κ3) is 2.34. The Morgan fingerprint density at radius 2 is 1.65 bits per heavy atom. The summed E-state index contributed by atoms with van der Waals surface area (Å²) in [5.74, 6) is 0.150. The van der Waals surface area contributed by atoms with Gasteiger partial charge in [-0.05, 0) is 17.5 Å². The van der Waals surface area contributed by atoms with Gasteiger partial charge in [-0.1, -0.05) is 67.6 Å². The molecule has 2 aromatic rings. The van der Waals surface area contributed by atoms with Gasteiger partial charge in [0.15, 0.2) is 0 Å². The number of hydrogen-bond acceptors (Lipinski definition) is 1. The second-order valence-corrected chi connectivity index (χ2v) is 5.77. The minimum absolute atomic E-state index is 0.131. The van der Waals surface area contributed by atoms with Gasteiger partial charge in [0.05, 0.1) is 0 Å². The molecule has 0 radical (unpaired) electrons. The van der Waals surface area contributed by atoms with E-state index in [1.165, 1.54) is 11.1 Å². The fourth-order valence-corrected chi connectivity index (χ4v) is 3.11. The molecule has 20 heavy (non-hydrogen) atoms. The molecular weight excluding hydrogens is 246 g/mol. The maximum absolute atomic E-state index is 11.9. The predicted molar refractivity (Wildman–Crippen MR) is 80.5 cm³/mol. The van der Waals surface area contributed by atoms with Crippen molar-refractivity contribution >= 4 is 5.91 Å². The average molecular weight is 265 g/mol. The van der Waals surface area contributed by atoms with E-state index in [-0.39, 0.29) is 17.4 Å². The number of carbonyl (C=O) groups is 1. The van der Waals surface area contributed by atoms with Crippen molar-refractivity contribution in [1.82, 2.24) is 5.32 Å². The van der Waals surface area contributed by atoms with E-state index in [2.05, 4.69) is 36.5 Å². The van der Waals surface area contributed by atoms with Crippen LogP contribution in [0.1, 0.15) is 24.5 Å². The highest BCUT2D eigenvalue weighted by atomic mass is 16.2. The molecule has 3 rings (SSSR count). The van der Waals surface area contributed by atoms with Crippen LogP contribution in [0.4, 0.5) is 0 Å². The molecule has 1 saturated heterocycles. The zero-order valence-corrected chi connectivity index (χ0v) is 11.7. The van der Waals surface area contributed by atoms with E-state index in [1.54, 1.807) is 0 Å². The van der Waals surface area contributed by atoms with Crippen LogP contribution in [-0.4, -0.2) is 11.9 Å². The van der Waals surface area contributed by atoms with Crippen molar-refractivity contribution in [2.45, 2.75) is 31.2 Å². The van der Waals surface area contributed by atoms with Gasteiger partial charge in [-0.2, -0.15) is 0 Å². The summed E-state index contributed by atoms with van der Waals surface area (Å²) in [5.41, 5.74) is 2.37. The monoisotopic (exact) mass is 265 g/mol. The van der Waals surface area contributed by atoms with Crippen molar-refractivity contribution < 1.29 is 4.79 Å². The van der Waals surface area contributed by atoms with Crippen LogP contribution in [0, 0.1) is 0 Å². The largest absolute Gasteiger partial charge is 0.352 e. The van der Waals surface area contributed by atoms with Crippen LogP contribution in [0.5, 0.6) is 0 Å². The Labute approximate surface area is 119 Å². The molecule has 1 aliphatic rings. The molecule has 0 aliphatic carbocycles. The molecule has 1 fully saturated rings. The lowest BCUT2D eigenvalue weighted by atomic mass is 9.74. The number of rotatable bonds is 3. The molecule has 1 amide bonds. The number of hydrogen-bond donors (Lipinski definition) is 1. The molecule has 1 aliphatic heterocycles. The zero-order chi connectivity index (χ0) is 14.0. The Morgan fingerprint density at radius 3 is 2.30 bits per heavy atom. The molecule has 102 valence electrons. The van der Waals surface area contributed by atoms with Crippen molar-refractivity contribution in [2.24, 2.45) is 0 Å². The van der Waals surface area contributed by atoms with E-state index in [0.717, 1.165) is 6.42 Å². The predicted octanol–water partition coefficient (Wildman–Crippen LogP) is 3.08. The van der Waals surface area contributed by atoms with Crippen LogP contribution in [0.3, 0.4) is 0 Å². The maximum atomic E-state index is 11.9. The first-order valence-electron chi connectivity index (χ1n) is 7.07. The van der Waals surface area contributed by atoms with Crippen molar-refractivity contribution in [3.63, 3.8) is 0 Å². The summed E-state index contributed by atoms with van der Waals surface area (Å²) < 4.78 is 0. The molecule has 2 atom stereocenters. The van der Waals surface area contributed by atoms with Crippen LogP contribution in [0.2, 0.25) is 0 Å². The molecule has 1 heterocycles. The topological polar surface area (TPSA) is 29.1 Å². The first-order valence-corrected chi connectivity index (χ1v) is 7.07. The Kier molecular flexibility index (Phi) is 3.31. The number of benzene rings is 2. The highest BCUT2D eigenvalue weighted by Gasteiger charge is 2.44. The highest BCUT2D eigenvalue weighted by molar-refractivity contribution is 5.81. The van der Waals surface area contributed by atoms with E-state index < -0.39 is 0 Å². The van der Waals surface area contributed by atoms with Gasteiger partial charge in [-0.15, -0.1) is 0 Å². The standard InChI is InChI=1S/C18H19NO/c1-18(15-10-6-3-7-11-15)13-17(20)19-16(18)12-14-8-4-2-5-9-14/h2-11,16H,12-13H2,1H3,(H,19,20). The van der Waals surface area contributed by atoms with E-state index in [1.807, 2.05) is 36.4 Å². The molecule has 2 aromatic carbocycles. The smallest absolute Gasteiger partial charge is 0.221 e. The lowest BCUT2D eigenvalue weighted by molar-refractivity contribution is -0.119. The van der Waals surface area contributed by atoms with Crippen LogP contribution >= 0.6 is 0 Å². The second kappa shape index (κ2) is 5.12. The number of nitrogens with one attached hydrogen (secondary N) is 1. The molecule has 0 aromatic heterocycles. The van der Waals surface area contributed by atoms with Gasteiger partial charge >= 0.3 is 0 Å². The van der Waals surface area contributed by atoms with E-state index in [0.29, 0.717) is 6.42 Å². The second-order valence-electron chi connectivity index (χ2n) is 5.77. The lowest BCUT2D eigenvalue weighted by Crippen LogP contribution is -2.40. The molecule has 0 bridgehead atoms. The fraction of sp³-hybridized carbons (Fsp3) is 0.278. The highest BCUT2D eigenvalue weighted by Crippen LogP contribution is 2.37. The van der Waals surface area contributed by atoms with Crippen molar-refractivity contribution in [3.8, 4) is 0 Å². The minimum atomic E-state index is -0.131. The Morgan fingerprint density at radius 1 is 1.05 bits per heavy atom. The fourth-order valence-electron chi connectivity index (χ4n) is 3.11. The average Bonchev–Trinajstić information content (AvgIpc) is 2.76. The van der Waals surface area contributed by atoms with Gasteiger partial charge in [0, 0.05) is 17.9 Å². The molecule has 2 unspecified atom stereocenters. The van der Waals surface area contributed by atoms with Crippen LogP contribution in [0.25, 0.3) is 0 Å². The third-order valence-corrected chi connectivity index (χ3v) is 4.35. The quantitative estimate of drug-likeness (QED) is 0.908. The van der Waals surface area contributed by atoms with E-state index in [9.17, 15) is 4.79 Å². The maximum Gasteiger partial charge on any atom is 0.221 e. The number of carbonyl (C=O) groups excluding carboxylic acids is 1. The van der Waals surface area contributed by atoms with Gasteiger partial charge in [0.2, 0.25) is 5.91 Å². The molecule has 0 spiro atoms. The van der Waals surface area contributed by atoms with E-state index in [4.69, 9.17) is 0 Å². The third-order valence-electron chi connectivity index (χ3n) is 4.35. The molecular formula is C18H19NO. The van der Waals surface area contributed by atoms with Gasteiger partial charge in [0.1, 0.15) is 0 Å². The summed E-state index contributed by atoms with van der Waals surface area (Å²) in [7, 11) is 0. The first-order chi connectivity index (χ1) is 9.68. The lowest BCUT2D eigenvalue weighted by Gasteiger charge is -2.31. The van der Waals surface area contributed by atoms with Gasteiger partial charge in [-0.25, -0.2) is 0 Å². The molecule has 2 nitrogen and oxygen atoms in total. The van der Waals surface area contributed by atoms with Crippen LogP contribution < -0.4 is 5.32 Å². The molecule has 0 saturated carbocycles. The first kappa shape index (κ1) is 12.9. The van der Waals surface area contributed by atoms with Gasteiger partial charge in [-0.3, -0.25) is 4.79 Å². The summed E-state index contributed by atoms with van der Waals surface area (Å²) in [6.07, 6.45) is 1.44. The summed E-state index contributed by atoms with van der Waals surface area (Å²) in [4.78, 5) is 11.9. The normalized spacial score (nSPS) is 25.4. The summed E-state index contributed by atoms with van der Waals surface area (Å²) in [6.45, 7) is 2.19.